The minimum atomic E-state index is 0.491. The molecule has 0 amide bonds. The Balaban J connectivity index is 1.50. The number of methoxy groups -OCH3 is 1. The topological polar surface area (TPSA) is 66.1 Å². The Kier molecular flexibility index (Phi) is 9.02. The van der Waals surface area contributed by atoms with Gasteiger partial charge in [0.05, 0.1) is 35.1 Å². The standard InChI is InChI=1S/C28H25Cl2N5OS/c1-36-25-11-9-23(10-12-25)33-28(37)34(18-22-3-2-4-26(29)27(22)30)14-13-24-16-32-19-35(24)17-21-7-5-20(15-31)6-8-21/h2-12,16,19H,13-14,17-18H2,1H3,(H,33,37). The van der Waals surface area contributed by atoms with Crippen molar-refractivity contribution < 1.29 is 4.74 Å². The molecule has 9 heteroatoms. The van der Waals surface area contributed by atoms with Gasteiger partial charge in [0, 0.05) is 43.6 Å². The van der Waals surface area contributed by atoms with Crippen molar-refractivity contribution in [1.29, 1.82) is 5.26 Å². The summed E-state index contributed by atoms with van der Waals surface area (Å²) in [4.78, 5) is 6.43. The van der Waals surface area contributed by atoms with Gasteiger partial charge in [-0.25, -0.2) is 4.98 Å². The van der Waals surface area contributed by atoms with E-state index in [1.807, 2.05) is 73.2 Å². The quantitative estimate of drug-likeness (QED) is 0.238. The highest BCUT2D eigenvalue weighted by molar-refractivity contribution is 7.80. The molecule has 1 heterocycles. The van der Waals surface area contributed by atoms with E-state index in [4.69, 9.17) is 45.4 Å². The lowest BCUT2D eigenvalue weighted by atomic mass is 10.1. The highest BCUT2D eigenvalue weighted by atomic mass is 35.5. The van der Waals surface area contributed by atoms with Crippen LogP contribution in [0.25, 0.3) is 0 Å². The largest absolute Gasteiger partial charge is 0.497 e. The van der Waals surface area contributed by atoms with E-state index < -0.39 is 0 Å². The first-order chi connectivity index (χ1) is 18.0. The van der Waals surface area contributed by atoms with Crippen LogP contribution in [0, 0.1) is 11.3 Å². The molecule has 1 aromatic heterocycles. The van der Waals surface area contributed by atoms with Crippen molar-refractivity contribution in [2.75, 3.05) is 19.0 Å². The molecular formula is C28H25Cl2N5OS. The van der Waals surface area contributed by atoms with Crippen LogP contribution in [0.2, 0.25) is 10.0 Å². The second kappa shape index (κ2) is 12.6. The van der Waals surface area contributed by atoms with E-state index in [1.54, 1.807) is 13.2 Å². The Labute approximate surface area is 232 Å². The van der Waals surface area contributed by atoms with E-state index in [1.165, 1.54) is 0 Å². The normalized spacial score (nSPS) is 10.5. The fraction of sp³-hybridized carbons (Fsp3) is 0.179. The van der Waals surface area contributed by atoms with Gasteiger partial charge in [0.15, 0.2) is 5.11 Å². The van der Waals surface area contributed by atoms with Gasteiger partial charge in [0.2, 0.25) is 0 Å². The summed E-state index contributed by atoms with van der Waals surface area (Å²) in [6, 6.07) is 22.9. The Morgan fingerprint density at radius 2 is 1.86 bits per heavy atom. The zero-order chi connectivity index (χ0) is 26.2. The van der Waals surface area contributed by atoms with Gasteiger partial charge in [0.25, 0.3) is 0 Å². The molecule has 37 heavy (non-hydrogen) atoms. The molecule has 0 fully saturated rings. The van der Waals surface area contributed by atoms with E-state index in [9.17, 15) is 0 Å². The second-order valence-electron chi connectivity index (χ2n) is 8.36. The first-order valence-corrected chi connectivity index (χ1v) is 12.7. The number of nitriles is 1. The first kappa shape index (κ1) is 26.5. The molecule has 1 N–H and O–H groups in total. The third kappa shape index (κ3) is 7.01. The van der Waals surface area contributed by atoms with Gasteiger partial charge >= 0.3 is 0 Å². The zero-order valence-electron chi connectivity index (χ0n) is 20.2. The lowest BCUT2D eigenvalue weighted by Gasteiger charge is -2.27. The number of anilines is 1. The summed E-state index contributed by atoms with van der Waals surface area (Å²) in [5, 5.41) is 14.0. The van der Waals surface area contributed by atoms with Gasteiger partial charge in [0.1, 0.15) is 5.75 Å². The predicted molar refractivity (Wildman–Crippen MR) is 152 cm³/mol. The van der Waals surface area contributed by atoms with Crippen LogP contribution in [-0.2, 0) is 19.5 Å². The number of benzene rings is 3. The van der Waals surface area contributed by atoms with E-state index in [-0.39, 0.29) is 0 Å². The lowest BCUT2D eigenvalue weighted by molar-refractivity contribution is 0.414. The van der Waals surface area contributed by atoms with Crippen molar-refractivity contribution in [3.63, 3.8) is 0 Å². The third-order valence-electron chi connectivity index (χ3n) is 5.89. The minimum absolute atomic E-state index is 0.491. The number of nitrogens with zero attached hydrogens (tertiary/aromatic N) is 4. The average molecular weight is 551 g/mol. The number of nitrogens with one attached hydrogen (secondary N) is 1. The summed E-state index contributed by atoms with van der Waals surface area (Å²) < 4.78 is 7.35. The van der Waals surface area contributed by atoms with Gasteiger partial charge in [-0.3, -0.25) is 0 Å². The Bertz CT molecular complexity index is 1400. The maximum atomic E-state index is 9.04. The molecule has 0 saturated heterocycles. The number of ether oxygens (including phenoxy) is 1. The smallest absolute Gasteiger partial charge is 0.173 e. The number of aromatic nitrogens is 2. The molecule has 0 radical (unpaired) electrons. The molecule has 0 bridgehead atoms. The minimum Gasteiger partial charge on any atom is -0.497 e. The Morgan fingerprint density at radius 1 is 1.11 bits per heavy atom. The van der Waals surface area contributed by atoms with Gasteiger partial charge in [-0.05, 0) is 65.8 Å². The summed E-state index contributed by atoms with van der Waals surface area (Å²) in [6.07, 6.45) is 4.40. The monoisotopic (exact) mass is 549 g/mol. The average Bonchev–Trinajstić information content (AvgIpc) is 3.36. The molecule has 0 spiro atoms. The summed E-state index contributed by atoms with van der Waals surface area (Å²) in [7, 11) is 1.63. The molecule has 4 aromatic rings. The SMILES string of the molecule is COc1ccc(NC(=S)N(CCc2cncn2Cc2ccc(C#N)cc2)Cc2cccc(Cl)c2Cl)cc1. The fourth-order valence-corrected chi connectivity index (χ4v) is 4.49. The molecular weight excluding hydrogens is 525 g/mol. The van der Waals surface area contributed by atoms with Crippen molar-refractivity contribution in [3.8, 4) is 11.8 Å². The molecule has 3 aromatic carbocycles. The highest BCUT2D eigenvalue weighted by Gasteiger charge is 2.15. The van der Waals surface area contributed by atoms with E-state index in [2.05, 4.69) is 25.8 Å². The van der Waals surface area contributed by atoms with Crippen LogP contribution in [0.4, 0.5) is 5.69 Å². The summed E-state index contributed by atoms with van der Waals surface area (Å²) in [5.41, 5.74) is 4.55. The van der Waals surface area contributed by atoms with Crippen molar-refractivity contribution in [2.45, 2.75) is 19.5 Å². The number of rotatable bonds is 9. The molecule has 0 unspecified atom stereocenters. The van der Waals surface area contributed by atoms with Gasteiger partial charge in [-0.1, -0.05) is 47.5 Å². The van der Waals surface area contributed by atoms with Crippen LogP contribution < -0.4 is 10.1 Å². The summed E-state index contributed by atoms with van der Waals surface area (Å²) in [6.45, 7) is 1.78. The number of halogens is 2. The van der Waals surface area contributed by atoms with Crippen LogP contribution in [-0.4, -0.2) is 33.2 Å². The lowest BCUT2D eigenvalue weighted by Crippen LogP contribution is -2.36. The summed E-state index contributed by atoms with van der Waals surface area (Å²) >= 11 is 18.6. The van der Waals surface area contributed by atoms with E-state index >= 15 is 0 Å². The predicted octanol–water partition coefficient (Wildman–Crippen LogP) is 6.56. The van der Waals surface area contributed by atoms with Gasteiger partial charge in [-0.2, -0.15) is 5.26 Å². The first-order valence-electron chi connectivity index (χ1n) is 11.6. The molecule has 6 nitrogen and oxygen atoms in total. The van der Waals surface area contributed by atoms with E-state index in [0.717, 1.165) is 28.3 Å². The van der Waals surface area contributed by atoms with Crippen LogP contribution in [0.5, 0.6) is 5.75 Å². The highest BCUT2D eigenvalue weighted by Crippen LogP contribution is 2.27. The van der Waals surface area contributed by atoms with Crippen molar-refractivity contribution in [2.24, 2.45) is 0 Å². The van der Waals surface area contributed by atoms with Gasteiger partial charge < -0.3 is 19.5 Å². The number of imidazole rings is 1. The molecule has 0 saturated carbocycles. The molecule has 0 aliphatic rings. The molecule has 0 aliphatic heterocycles. The maximum absolute atomic E-state index is 9.04. The third-order valence-corrected chi connectivity index (χ3v) is 7.11. The van der Waals surface area contributed by atoms with Crippen molar-refractivity contribution >= 4 is 46.2 Å². The van der Waals surface area contributed by atoms with Crippen LogP contribution >= 0.6 is 35.4 Å². The molecule has 0 atom stereocenters. The Morgan fingerprint density at radius 3 is 2.57 bits per heavy atom. The van der Waals surface area contributed by atoms with Crippen LogP contribution in [0.1, 0.15) is 22.4 Å². The zero-order valence-corrected chi connectivity index (χ0v) is 22.5. The number of hydrogen-bond acceptors (Lipinski definition) is 4. The fourth-order valence-electron chi connectivity index (χ4n) is 3.84. The summed E-state index contributed by atoms with van der Waals surface area (Å²) in [5.74, 6) is 0.773. The number of thiocarbonyl (C=S) groups is 1. The van der Waals surface area contributed by atoms with E-state index in [0.29, 0.717) is 46.8 Å². The van der Waals surface area contributed by atoms with Crippen LogP contribution in [0.3, 0.4) is 0 Å². The molecule has 4 rings (SSSR count). The van der Waals surface area contributed by atoms with Crippen LogP contribution in [0.15, 0.2) is 79.3 Å². The Hall–Kier alpha value is -3.57. The maximum Gasteiger partial charge on any atom is 0.173 e. The molecule has 0 aliphatic carbocycles. The molecule has 188 valence electrons. The van der Waals surface area contributed by atoms with Crippen molar-refractivity contribution in [1.82, 2.24) is 14.5 Å². The second-order valence-corrected chi connectivity index (χ2v) is 9.54. The van der Waals surface area contributed by atoms with Crippen molar-refractivity contribution in [3.05, 3.63) is 112 Å². The number of hydrogen-bond donors (Lipinski definition) is 1. The van der Waals surface area contributed by atoms with Gasteiger partial charge in [-0.15, -0.1) is 0 Å².